The number of halogens is 2. The summed E-state index contributed by atoms with van der Waals surface area (Å²) < 4.78 is 0. The Hall–Kier alpha value is -2.59. The zero-order valence-electron chi connectivity index (χ0n) is 18.5. The fourth-order valence-corrected chi connectivity index (χ4v) is 5.00. The van der Waals surface area contributed by atoms with Gasteiger partial charge in [-0.2, -0.15) is 0 Å². The van der Waals surface area contributed by atoms with E-state index < -0.39 is 0 Å². The van der Waals surface area contributed by atoms with E-state index in [2.05, 4.69) is 45.5 Å². The number of anilines is 1. The summed E-state index contributed by atoms with van der Waals surface area (Å²) in [7, 11) is 0. The molecule has 0 aliphatic carbocycles. The molecule has 2 heterocycles. The van der Waals surface area contributed by atoms with Crippen molar-refractivity contribution in [3.8, 4) is 0 Å². The monoisotopic (exact) mass is 475 g/mol. The lowest BCUT2D eigenvalue weighted by Gasteiger charge is -2.27. The minimum Gasteiger partial charge on any atom is -0.374 e. The Morgan fingerprint density at radius 2 is 1.61 bits per heavy atom. The number of fused-ring (bicyclic) bond motifs is 1. The zero-order chi connectivity index (χ0) is 22.6. The molecule has 1 N–H and O–H groups in total. The molecule has 1 aliphatic rings. The number of piperidine rings is 1. The van der Waals surface area contributed by atoms with Crippen LogP contribution in [0, 0.1) is 0 Å². The first-order chi connectivity index (χ1) is 16.2. The Balaban J connectivity index is 1.47. The molecule has 0 amide bonds. The summed E-state index contributed by atoms with van der Waals surface area (Å²) in [6, 6.07) is 24.8. The van der Waals surface area contributed by atoms with E-state index in [0.717, 1.165) is 33.7 Å². The Labute approximate surface area is 205 Å². The van der Waals surface area contributed by atoms with E-state index in [-0.39, 0.29) is 6.04 Å². The zero-order valence-corrected chi connectivity index (χ0v) is 20.0. The van der Waals surface area contributed by atoms with Gasteiger partial charge >= 0.3 is 0 Å². The van der Waals surface area contributed by atoms with Gasteiger partial charge in [-0.15, -0.1) is 0 Å². The van der Waals surface area contributed by atoms with Crippen molar-refractivity contribution >= 4 is 39.8 Å². The van der Waals surface area contributed by atoms with Gasteiger partial charge < -0.3 is 5.32 Å². The number of nitrogens with zero attached hydrogens (tertiary/aromatic N) is 2. The Kier molecular flexibility index (Phi) is 6.82. The lowest BCUT2D eigenvalue weighted by Crippen LogP contribution is -2.29. The van der Waals surface area contributed by atoms with Gasteiger partial charge in [-0.1, -0.05) is 66.0 Å². The largest absolute Gasteiger partial charge is 0.374 e. The smallest absolute Gasteiger partial charge is 0.0768 e. The summed E-state index contributed by atoms with van der Waals surface area (Å²) in [5, 5.41) is 6.20. The molecule has 0 spiro atoms. The van der Waals surface area contributed by atoms with Crippen LogP contribution < -0.4 is 5.32 Å². The number of hydrogen-bond donors (Lipinski definition) is 1. The van der Waals surface area contributed by atoms with Gasteiger partial charge in [0.2, 0.25) is 0 Å². The van der Waals surface area contributed by atoms with E-state index in [4.69, 9.17) is 23.2 Å². The number of rotatable bonds is 6. The highest BCUT2D eigenvalue weighted by molar-refractivity contribution is 6.31. The molecule has 1 atom stereocenters. The van der Waals surface area contributed by atoms with E-state index in [9.17, 15) is 0 Å². The highest BCUT2D eigenvalue weighted by Crippen LogP contribution is 2.32. The summed E-state index contributed by atoms with van der Waals surface area (Å²) in [6.45, 7) is 3.42. The molecule has 1 aliphatic heterocycles. The average Bonchev–Trinajstić information content (AvgIpc) is 2.83. The fourth-order valence-electron chi connectivity index (χ4n) is 4.64. The summed E-state index contributed by atoms with van der Waals surface area (Å²) in [5.74, 6) is 0. The van der Waals surface area contributed by atoms with Crippen LogP contribution in [0.25, 0.3) is 10.9 Å². The van der Waals surface area contributed by atoms with Gasteiger partial charge in [0.15, 0.2) is 0 Å². The second kappa shape index (κ2) is 10.1. The molecule has 1 aromatic heterocycles. The maximum Gasteiger partial charge on any atom is 0.0768 e. The lowest BCUT2D eigenvalue weighted by atomic mass is 9.96. The predicted molar refractivity (Wildman–Crippen MR) is 139 cm³/mol. The minimum absolute atomic E-state index is 0.0472. The minimum atomic E-state index is -0.0472. The molecule has 4 aromatic rings. The van der Waals surface area contributed by atoms with Crippen molar-refractivity contribution in [1.29, 1.82) is 0 Å². The third-order valence-electron chi connectivity index (χ3n) is 6.35. The Bertz CT molecular complexity index is 1230. The first kappa shape index (κ1) is 22.2. The summed E-state index contributed by atoms with van der Waals surface area (Å²) in [4.78, 5) is 7.04. The molecule has 5 rings (SSSR count). The molecule has 5 heteroatoms. The topological polar surface area (TPSA) is 28.2 Å². The summed E-state index contributed by atoms with van der Waals surface area (Å²) >= 11 is 12.6. The first-order valence-electron chi connectivity index (χ1n) is 11.5. The molecule has 168 valence electrons. The maximum atomic E-state index is 6.37. The molecule has 33 heavy (non-hydrogen) atoms. The van der Waals surface area contributed by atoms with Crippen molar-refractivity contribution in [2.75, 3.05) is 18.4 Å². The molecule has 1 saturated heterocycles. The SMILES string of the molecule is Clc1cccc(C(Nc2ccnc3cc(Cl)ccc23)c2ccc(CN3CCCCC3)cc2)c1. The van der Waals surface area contributed by atoms with Gasteiger partial charge in [-0.3, -0.25) is 9.88 Å². The number of likely N-dealkylation sites (tertiary alicyclic amines) is 1. The van der Waals surface area contributed by atoms with Crippen molar-refractivity contribution < 1.29 is 0 Å². The number of benzene rings is 3. The van der Waals surface area contributed by atoms with Gasteiger partial charge in [0.05, 0.1) is 11.6 Å². The summed E-state index contributed by atoms with van der Waals surface area (Å²) in [5.41, 5.74) is 5.55. The standard InChI is InChI=1S/C28H27Cl2N3/c29-23-6-4-5-22(17-23)28(32-26-13-14-31-27-18-24(30)11-12-25(26)27)21-9-7-20(8-10-21)19-33-15-2-1-3-16-33/h4-14,17-18,28H,1-3,15-16,19H2,(H,31,32). The Morgan fingerprint density at radius 1 is 0.818 bits per heavy atom. The third-order valence-corrected chi connectivity index (χ3v) is 6.82. The van der Waals surface area contributed by atoms with E-state index in [1.807, 2.05) is 48.7 Å². The number of pyridine rings is 1. The van der Waals surface area contributed by atoms with Crippen LogP contribution in [0.4, 0.5) is 5.69 Å². The van der Waals surface area contributed by atoms with Crippen LogP contribution in [-0.4, -0.2) is 23.0 Å². The van der Waals surface area contributed by atoms with Gasteiger partial charge in [0.25, 0.3) is 0 Å². The lowest BCUT2D eigenvalue weighted by molar-refractivity contribution is 0.221. The highest BCUT2D eigenvalue weighted by Gasteiger charge is 2.17. The molecule has 1 unspecified atom stereocenters. The van der Waals surface area contributed by atoms with Crippen molar-refractivity contribution in [1.82, 2.24) is 9.88 Å². The van der Waals surface area contributed by atoms with Crippen LogP contribution in [0.3, 0.4) is 0 Å². The number of hydrogen-bond acceptors (Lipinski definition) is 3. The molecular weight excluding hydrogens is 449 g/mol. The van der Waals surface area contributed by atoms with Crippen LogP contribution in [0.1, 0.15) is 42.0 Å². The normalized spacial score (nSPS) is 15.5. The van der Waals surface area contributed by atoms with Crippen LogP contribution in [-0.2, 0) is 6.54 Å². The molecule has 1 fully saturated rings. The molecule has 0 bridgehead atoms. The molecule has 3 aromatic carbocycles. The predicted octanol–water partition coefficient (Wildman–Crippen LogP) is 7.73. The second-order valence-corrected chi connectivity index (χ2v) is 9.60. The van der Waals surface area contributed by atoms with Crippen LogP contribution in [0.5, 0.6) is 0 Å². The first-order valence-corrected chi connectivity index (χ1v) is 12.3. The maximum absolute atomic E-state index is 6.37. The van der Waals surface area contributed by atoms with Gasteiger partial charge in [-0.05, 0) is 79.0 Å². The van der Waals surface area contributed by atoms with Gasteiger partial charge in [-0.25, -0.2) is 0 Å². The molecule has 0 radical (unpaired) electrons. The molecular formula is C28H27Cl2N3. The number of nitrogens with one attached hydrogen (secondary N) is 1. The molecule has 0 saturated carbocycles. The highest BCUT2D eigenvalue weighted by atomic mass is 35.5. The number of aromatic nitrogens is 1. The van der Waals surface area contributed by atoms with Crippen LogP contribution in [0.15, 0.2) is 79.0 Å². The van der Waals surface area contributed by atoms with Crippen LogP contribution in [0.2, 0.25) is 10.0 Å². The van der Waals surface area contributed by atoms with E-state index in [0.29, 0.717) is 5.02 Å². The van der Waals surface area contributed by atoms with Gasteiger partial charge in [0.1, 0.15) is 0 Å². The third kappa shape index (κ3) is 5.33. The van der Waals surface area contributed by atoms with Crippen molar-refractivity contribution in [2.24, 2.45) is 0 Å². The van der Waals surface area contributed by atoms with Crippen molar-refractivity contribution in [3.63, 3.8) is 0 Å². The Morgan fingerprint density at radius 3 is 2.39 bits per heavy atom. The quantitative estimate of drug-likeness (QED) is 0.309. The van der Waals surface area contributed by atoms with E-state index >= 15 is 0 Å². The van der Waals surface area contributed by atoms with Gasteiger partial charge in [0, 0.05) is 33.9 Å². The fraction of sp³-hybridized carbons (Fsp3) is 0.250. The van der Waals surface area contributed by atoms with E-state index in [1.165, 1.54) is 43.5 Å². The average molecular weight is 476 g/mol. The van der Waals surface area contributed by atoms with Crippen molar-refractivity contribution in [2.45, 2.75) is 31.8 Å². The second-order valence-electron chi connectivity index (χ2n) is 8.73. The molecule has 3 nitrogen and oxygen atoms in total. The summed E-state index contributed by atoms with van der Waals surface area (Å²) in [6.07, 6.45) is 5.80. The van der Waals surface area contributed by atoms with Crippen LogP contribution >= 0.6 is 23.2 Å². The van der Waals surface area contributed by atoms with Crippen molar-refractivity contribution in [3.05, 3.63) is 106 Å². The van der Waals surface area contributed by atoms with E-state index in [1.54, 1.807) is 0 Å².